The second kappa shape index (κ2) is 8.41. The standard InChI is InChI=1S/C17H24N2O3.ClH/c18-10-14(13-4-2-1-3-5-13)19-17(20)9-12-6-7-15-16(8-12)22-11-21-15;/h6-8,13-14H,1-5,9-11,18H2,(H,19,20);1H. The van der Waals surface area contributed by atoms with Crippen molar-refractivity contribution in [2.24, 2.45) is 11.7 Å². The van der Waals surface area contributed by atoms with Crippen LogP contribution in [0.5, 0.6) is 11.5 Å². The molecule has 0 bridgehead atoms. The van der Waals surface area contributed by atoms with Crippen LogP contribution in [0.3, 0.4) is 0 Å². The first kappa shape index (κ1) is 17.9. The van der Waals surface area contributed by atoms with E-state index in [9.17, 15) is 4.79 Å². The van der Waals surface area contributed by atoms with Gasteiger partial charge in [-0.25, -0.2) is 0 Å². The number of hydrogen-bond acceptors (Lipinski definition) is 4. The summed E-state index contributed by atoms with van der Waals surface area (Å²) >= 11 is 0. The minimum atomic E-state index is 0. The van der Waals surface area contributed by atoms with Crippen molar-refractivity contribution in [2.75, 3.05) is 13.3 Å². The van der Waals surface area contributed by atoms with Crippen LogP contribution in [0.2, 0.25) is 0 Å². The summed E-state index contributed by atoms with van der Waals surface area (Å²) in [5, 5.41) is 3.12. The number of rotatable bonds is 5. The molecule has 23 heavy (non-hydrogen) atoms. The monoisotopic (exact) mass is 340 g/mol. The third kappa shape index (κ3) is 4.52. The predicted octanol–water partition coefficient (Wildman–Crippen LogP) is 2.40. The van der Waals surface area contributed by atoms with Crippen LogP contribution in [0.15, 0.2) is 18.2 Å². The zero-order valence-corrected chi connectivity index (χ0v) is 14.1. The molecule has 1 atom stereocenters. The van der Waals surface area contributed by atoms with Crippen molar-refractivity contribution in [1.29, 1.82) is 0 Å². The van der Waals surface area contributed by atoms with Gasteiger partial charge in [-0.15, -0.1) is 12.4 Å². The van der Waals surface area contributed by atoms with Crippen molar-refractivity contribution in [1.82, 2.24) is 5.32 Å². The maximum absolute atomic E-state index is 12.3. The van der Waals surface area contributed by atoms with Crippen LogP contribution in [0.4, 0.5) is 0 Å². The summed E-state index contributed by atoms with van der Waals surface area (Å²) in [6, 6.07) is 5.74. The summed E-state index contributed by atoms with van der Waals surface area (Å²) < 4.78 is 10.6. The predicted molar refractivity (Wildman–Crippen MR) is 91.1 cm³/mol. The number of nitrogens with two attached hydrogens (primary N) is 1. The van der Waals surface area contributed by atoms with Gasteiger partial charge < -0.3 is 20.5 Å². The Kier molecular flexibility index (Phi) is 6.54. The number of nitrogens with one attached hydrogen (secondary N) is 1. The van der Waals surface area contributed by atoms with E-state index < -0.39 is 0 Å². The van der Waals surface area contributed by atoms with Gasteiger partial charge in [-0.3, -0.25) is 4.79 Å². The van der Waals surface area contributed by atoms with Gasteiger partial charge in [-0.1, -0.05) is 25.3 Å². The van der Waals surface area contributed by atoms with Gasteiger partial charge in [0.2, 0.25) is 12.7 Å². The number of fused-ring (bicyclic) bond motifs is 1. The topological polar surface area (TPSA) is 73.6 Å². The summed E-state index contributed by atoms with van der Waals surface area (Å²) in [4.78, 5) is 12.3. The molecule has 2 aliphatic rings. The second-order valence-electron chi connectivity index (χ2n) is 6.17. The molecule has 1 saturated carbocycles. The average Bonchev–Trinajstić information content (AvgIpc) is 3.01. The van der Waals surface area contributed by atoms with E-state index in [1.165, 1.54) is 32.1 Å². The van der Waals surface area contributed by atoms with E-state index in [0.29, 0.717) is 24.6 Å². The van der Waals surface area contributed by atoms with Crippen molar-refractivity contribution in [3.05, 3.63) is 23.8 Å². The Morgan fingerprint density at radius 2 is 1.96 bits per heavy atom. The molecular formula is C17H25ClN2O3. The van der Waals surface area contributed by atoms with Crippen LogP contribution in [0, 0.1) is 5.92 Å². The number of ether oxygens (including phenoxy) is 2. The molecule has 3 rings (SSSR count). The van der Waals surface area contributed by atoms with Crippen molar-refractivity contribution in [2.45, 2.75) is 44.6 Å². The first-order valence-corrected chi connectivity index (χ1v) is 8.14. The Morgan fingerprint density at radius 3 is 2.70 bits per heavy atom. The minimum absolute atomic E-state index is 0. The lowest BCUT2D eigenvalue weighted by Gasteiger charge is -2.30. The van der Waals surface area contributed by atoms with Crippen LogP contribution >= 0.6 is 12.4 Å². The number of halogens is 1. The largest absolute Gasteiger partial charge is 0.454 e. The average molecular weight is 341 g/mol. The van der Waals surface area contributed by atoms with Crippen LogP contribution in [-0.2, 0) is 11.2 Å². The van der Waals surface area contributed by atoms with E-state index in [1.807, 2.05) is 18.2 Å². The number of carbonyl (C=O) groups is 1. The fourth-order valence-electron chi connectivity index (χ4n) is 3.40. The first-order valence-electron chi connectivity index (χ1n) is 8.14. The maximum atomic E-state index is 12.3. The van der Waals surface area contributed by atoms with Crippen molar-refractivity contribution < 1.29 is 14.3 Å². The smallest absolute Gasteiger partial charge is 0.231 e. The number of hydrogen-bond donors (Lipinski definition) is 2. The Hall–Kier alpha value is -1.46. The quantitative estimate of drug-likeness (QED) is 0.863. The minimum Gasteiger partial charge on any atom is -0.454 e. The van der Waals surface area contributed by atoms with Crippen molar-refractivity contribution in [3.8, 4) is 11.5 Å². The maximum Gasteiger partial charge on any atom is 0.231 e. The normalized spacial score (nSPS) is 18.1. The van der Waals surface area contributed by atoms with Crippen LogP contribution in [-0.4, -0.2) is 25.3 Å². The SMILES string of the molecule is Cl.NCC(NC(=O)Cc1ccc2c(c1)OCO2)C1CCCCC1. The molecule has 1 aliphatic carbocycles. The molecule has 0 saturated heterocycles. The molecule has 1 aromatic carbocycles. The zero-order chi connectivity index (χ0) is 15.4. The molecule has 1 aliphatic heterocycles. The van der Waals surface area contributed by atoms with Crippen molar-refractivity contribution in [3.63, 3.8) is 0 Å². The molecule has 1 amide bonds. The Labute approximate surface area is 143 Å². The number of amides is 1. The fraction of sp³-hybridized carbons (Fsp3) is 0.588. The molecule has 1 heterocycles. The summed E-state index contributed by atoms with van der Waals surface area (Å²) in [5.41, 5.74) is 6.80. The highest BCUT2D eigenvalue weighted by Crippen LogP contribution is 2.32. The van der Waals surface area contributed by atoms with Gasteiger partial charge in [0.25, 0.3) is 0 Å². The van der Waals surface area contributed by atoms with Gasteiger partial charge >= 0.3 is 0 Å². The van der Waals surface area contributed by atoms with Gasteiger partial charge in [0.15, 0.2) is 11.5 Å². The highest BCUT2D eigenvalue weighted by atomic mass is 35.5. The van der Waals surface area contributed by atoms with Crippen molar-refractivity contribution >= 4 is 18.3 Å². The third-order valence-electron chi connectivity index (χ3n) is 4.62. The van der Waals surface area contributed by atoms with E-state index in [0.717, 1.165) is 11.3 Å². The molecule has 0 radical (unpaired) electrons. The molecule has 1 fully saturated rings. The summed E-state index contributed by atoms with van der Waals surface area (Å²) in [7, 11) is 0. The number of carbonyl (C=O) groups excluding carboxylic acids is 1. The highest BCUT2D eigenvalue weighted by molar-refractivity contribution is 5.85. The van der Waals surface area contributed by atoms with E-state index in [2.05, 4.69) is 5.32 Å². The van der Waals surface area contributed by atoms with Gasteiger partial charge in [0.05, 0.1) is 6.42 Å². The van der Waals surface area contributed by atoms with Crippen LogP contribution in [0.25, 0.3) is 0 Å². The molecular weight excluding hydrogens is 316 g/mol. The summed E-state index contributed by atoms with van der Waals surface area (Å²) in [6.45, 7) is 0.763. The lowest BCUT2D eigenvalue weighted by Crippen LogP contribution is -2.46. The third-order valence-corrected chi connectivity index (χ3v) is 4.62. The first-order chi connectivity index (χ1) is 10.8. The molecule has 3 N–H and O–H groups in total. The van der Waals surface area contributed by atoms with E-state index in [4.69, 9.17) is 15.2 Å². The molecule has 0 aromatic heterocycles. The molecule has 0 spiro atoms. The van der Waals surface area contributed by atoms with E-state index in [1.54, 1.807) is 0 Å². The fourth-order valence-corrected chi connectivity index (χ4v) is 3.40. The summed E-state index contributed by atoms with van der Waals surface area (Å²) in [6.07, 6.45) is 6.50. The van der Waals surface area contributed by atoms with E-state index in [-0.39, 0.29) is 31.1 Å². The van der Waals surface area contributed by atoms with Crippen LogP contribution in [0.1, 0.15) is 37.7 Å². The van der Waals surface area contributed by atoms with Gasteiger partial charge in [-0.05, 0) is 36.5 Å². The number of benzene rings is 1. The highest BCUT2D eigenvalue weighted by Gasteiger charge is 2.24. The molecule has 1 unspecified atom stereocenters. The molecule has 128 valence electrons. The van der Waals surface area contributed by atoms with Gasteiger partial charge in [0.1, 0.15) is 0 Å². The van der Waals surface area contributed by atoms with Gasteiger partial charge in [0, 0.05) is 12.6 Å². The van der Waals surface area contributed by atoms with Gasteiger partial charge in [-0.2, -0.15) is 0 Å². The van der Waals surface area contributed by atoms with Crippen LogP contribution < -0.4 is 20.5 Å². The van der Waals surface area contributed by atoms with E-state index >= 15 is 0 Å². The lowest BCUT2D eigenvalue weighted by atomic mass is 9.84. The Bertz CT molecular complexity index is 533. The zero-order valence-electron chi connectivity index (χ0n) is 13.3. The Balaban J connectivity index is 0.00000192. The lowest BCUT2D eigenvalue weighted by molar-refractivity contribution is -0.121. The molecule has 1 aromatic rings. The second-order valence-corrected chi connectivity index (χ2v) is 6.17. The Morgan fingerprint density at radius 1 is 1.22 bits per heavy atom. The molecule has 5 nitrogen and oxygen atoms in total. The summed E-state index contributed by atoms with van der Waals surface area (Å²) in [5.74, 6) is 2.01. The molecule has 6 heteroatoms.